The van der Waals surface area contributed by atoms with E-state index >= 15 is 0 Å². The van der Waals surface area contributed by atoms with Crippen LogP contribution in [0.5, 0.6) is 5.75 Å². The summed E-state index contributed by atoms with van der Waals surface area (Å²) in [5.41, 5.74) is 0. The van der Waals surface area contributed by atoms with Crippen molar-refractivity contribution in [2.75, 3.05) is 11.9 Å². The van der Waals surface area contributed by atoms with E-state index in [-0.39, 0.29) is 12.4 Å². The van der Waals surface area contributed by atoms with Gasteiger partial charge in [0, 0.05) is 4.47 Å². The van der Waals surface area contributed by atoms with Crippen molar-refractivity contribution >= 4 is 37.6 Å². The maximum Gasteiger partial charge on any atom is 0.180 e. The molecular formula is C9H8Br2O2. The number of rotatable bonds is 4. The third kappa shape index (κ3) is 3.91. The van der Waals surface area contributed by atoms with Crippen LogP contribution in [0.4, 0.5) is 0 Å². The van der Waals surface area contributed by atoms with Gasteiger partial charge in [-0.05, 0) is 24.3 Å². The smallest absolute Gasteiger partial charge is 0.180 e. The van der Waals surface area contributed by atoms with Gasteiger partial charge in [0.1, 0.15) is 12.4 Å². The molecule has 0 aliphatic rings. The average molecular weight is 308 g/mol. The first-order chi connectivity index (χ1) is 6.22. The number of benzene rings is 1. The second kappa shape index (κ2) is 5.40. The van der Waals surface area contributed by atoms with Crippen LogP contribution in [0.2, 0.25) is 0 Å². The highest BCUT2D eigenvalue weighted by Crippen LogP contribution is 2.15. The first-order valence-corrected chi connectivity index (χ1v) is 5.60. The molecule has 0 saturated carbocycles. The molecule has 0 N–H and O–H groups in total. The molecule has 1 rings (SSSR count). The van der Waals surface area contributed by atoms with Crippen LogP contribution in [0.3, 0.4) is 0 Å². The quantitative estimate of drug-likeness (QED) is 0.800. The summed E-state index contributed by atoms with van der Waals surface area (Å²) in [6, 6.07) is 7.36. The van der Waals surface area contributed by atoms with Gasteiger partial charge in [0.25, 0.3) is 0 Å². The molecule has 4 heteroatoms. The maximum atomic E-state index is 10.9. The van der Waals surface area contributed by atoms with Crippen molar-refractivity contribution in [3.8, 4) is 5.75 Å². The Morgan fingerprint density at radius 1 is 1.31 bits per heavy atom. The van der Waals surface area contributed by atoms with Crippen LogP contribution in [0.1, 0.15) is 0 Å². The molecule has 0 saturated heterocycles. The average Bonchev–Trinajstić information content (AvgIpc) is 2.16. The molecule has 0 amide bonds. The second-order valence-electron chi connectivity index (χ2n) is 2.41. The summed E-state index contributed by atoms with van der Waals surface area (Å²) >= 11 is 6.37. The van der Waals surface area contributed by atoms with Gasteiger partial charge in [-0.25, -0.2) is 0 Å². The summed E-state index contributed by atoms with van der Waals surface area (Å²) in [4.78, 5) is 10.9. The second-order valence-corrected chi connectivity index (χ2v) is 3.89. The molecule has 0 bridgehead atoms. The summed E-state index contributed by atoms with van der Waals surface area (Å²) < 4.78 is 6.21. The zero-order valence-electron chi connectivity index (χ0n) is 6.80. The van der Waals surface area contributed by atoms with Crippen LogP contribution in [0.25, 0.3) is 0 Å². The normalized spacial score (nSPS) is 9.69. The SMILES string of the molecule is O=C(CBr)COc1ccc(Br)cc1. The zero-order chi connectivity index (χ0) is 9.68. The number of ether oxygens (including phenoxy) is 1. The Balaban J connectivity index is 2.46. The summed E-state index contributed by atoms with van der Waals surface area (Å²) in [6.45, 7) is 0.118. The lowest BCUT2D eigenvalue weighted by molar-refractivity contribution is -0.118. The Morgan fingerprint density at radius 2 is 1.92 bits per heavy atom. The fourth-order valence-corrected chi connectivity index (χ4v) is 1.16. The van der Waals surface area contributed by atoms with Crippen LogP contribution < -0.4 is 4.74 Å². The van der Waals surface area contributed by atoms with Crippen LogP contribution >= 0.6 is 31.9 Å². The zero-order valence-corrected chi connectivity index (χ0v) is 9.97. The van der Waals surface area contributed by atoms with E-state index in [9.17, 15) is 4.79 Å². The van der Waals surface area contributed by atoms with Gasteiger partial charge in [-0.1, -0.05) is 31.9 Å². The fourth-order valence-electron chi connectivity index (χ4n) is 0.733. The summed E-state index contributed by atoms with van der Waals surface area (Å²) in [5, 5.41) is 0.337. The number of ketones is 1. The summed E-state index contributed by atoms with van der Waals surface area (Å²) in [6.07, 6.45) is 0. The molecule has 0 spiro atoms. The minimum Gasteiger partial charge on any atom is -0.486 e. The van der Waals surface area contributed by atoms with Crippen LogP contribution in [0.15, 0.2) is 28.7 Å². The fraction of sp³-hybridized carbons (Fsp3) is 0.222. The topological polar surface area (TPSA) is 26.3 Å². The van der Waals surface area contributed by atoms with E-state index in [1.165, 1.54) is 0 Å². The number of alkyl halides is 1. The van der Waals surface area contributed by atoms with Gasteiger partial charge in [-0.2, -0.15) is 0 Å². The lowest BCUT2D eigenvalue weighted by Crippen LogP contribution is -2.11. The van der Waals surface area contributed by atoms with Crippen molar-refractivity contribution in [1.29, 1.82) is 0 Å². The Morgan fingerprint density at radius 3 is 2.46 bits per heavy atom. The molecular weight excluding hydrogens is 300 g/mol. The van der Waals surface area contributed by atoms with Gasteiger partial charge in [-0.3, -0.25) is 4.79 Å². The summed E-state index contributed by atoms with van der Waals surface area (Å²) in [7, 11) is 0. The molecule has 0 radical (unpaired) electrons. The van der Waals surface area contributed by atoms with Crippen LogP contribution in [0, 0.1) is 0 Å². The largest absolute Gasteiger partial charge is 0.486 e. The highest BCUT2D eigenvalue weighted by Gasteiger charge is 1.99. The number of halogens is 2. The van der Waals surface area contributed by atoms with Crippen molar-refractivity contribution in [1.82, 2.24) is 0 Å². The number of carbonyl (C=O) groups excluding carboxylic acids is 1. The highest BCUT2D eigenvalue weighted by atomic mass is 79.9. The van der Waals surface area contributed by atoms with Crippen LogP contribution in [-0.2, 0) is 4.79 Å². The van der Waals surface area contributed by atoms with E-state index in [1.54, 1.807) is 0 Å². The third-order valence-corrected chi connectivity index (χ3v) is 2.52. The lowest BCUT2D eigenvalue weighted by atomic mass is 10.3. The minimum absolute atomic E-state index is 0.0305. The molecule has 0 aliphatic heterocycles. The molecule has 0 aromatic heterocycles. The number of hydrogen-bond donors (Lipinski definition) is 0. The molecule has 0 aliphatic carbocycles. The minimum atomic E-state index is 0.0305. The van der Waals surface area contributed by atoms with E-state index in [2.05, 4.69) is 31.9 Å². The molecule has 1 aromatic carbocycles. The van der Waals surface area contributed by atoms with Gasteiger partial charge in [0.15, 0.2) is 5.78 Å². The van der Waals surface area contributed by atoms with Crippen molar-refractivity contribution in [2.24, 2.45) is 0 Å². The van der Waals surface area contributed by atoms with Crippen molar-refractivity contribution in [2.45, 2.75) is 0 Å². The maximum absolute atomic E-state index is 10.9. The Labute approximate surface area is 93.5 Å². The third-order valence-electron chi connectivity index (χ3n) is 1.36. The van der Waals surface area contributed by atoms with Crippen LogP contribution in [-0.4, -0.2) is 17.7 Å². The molecule has 0 heterocycles. The molecule has 0 atom stereocenters. The van der Waals surface area contributed by atoms with E-state index < -0.39 is 0 Å². The van der Waals surface area contributed by atoms with E-state index in [1.807, 2.05) is 24.3 Å². The van der Waals surface area contributed by atoms with E-state index in [4.69, 9.17) is 4.74 Å². The lowest BCUT2D eigenvalue weighted by Gasteiger charge is -2.03. The Hall–Kier alpha value is -0.350. The standard InChI is InChI=1S/C9H8Br2O2/c10-5-8(12)6-13-9-3-1-7(11)2-4-9/h1-4H,5-6H2. The van der Waals surface area contributed by atoms with E-state index in [0.29, 0.717) is 11.1 Å². The van der Waals surface area contributed by atoms with Gasteiger partial charge < -0.3 is 4.74 Å². The molecule has 0 unspecified atom stereocenters. The highest BCUT2D eigenvalue weighted by molar-refractivity contribution is 9.10. The molecule has 2 nitrogen and oxygen atoms in total. The number of carbonyl (C=O) groups is 1. The number of Topliss-reactive ketones (excluding diaryl/α,β-unsaturated/α-hetero) is 1. The Bertz CT molecular complexity index is 282. The predicted molar refractivity (Wildman–Crippen MR) is 58.4 cm³/mol. The van der Waals surface area contributed by atoms with Gasteiger partial charge in [0.05, 0.1) is 5.33 Å². The Kier molecular flexibility index (Phi) is 4.45. The van der Waals surface area contributed by atoms with Crippen molar-refractivity contribution in [3.05, 3.63) is 28.7 Å². The van der Waals surface area contributed by atoms with Gasteiger partial charge >= 0.3 is 0 Å². The van der Waals surface area contributed by atoms with E-state index in [0.717, 1.165) is 4.47 Å². The predicted octanol–water partition coefficient (Wildman–Crippen LogP) is 2.79. The molecule has 70 valence electrons. The first kappa shape index (κ1) is 10.7. The molecule has 1 aromatic rings. The van der Waals surface area contributed by atoms with Gasteiger partial charge in [0.2, 0.25) is 0 Å². The molecule has 13 heavy (non-hydrogen) atoms. The molecule has 0 fully saturated rings. The first-order valence-electron chi connectivity index (χ1n) is 3.68. The van der Waals surface area contributed by atoms with Gasteiger partial charge in [-0.15, -0.1) is 0 Å². The summed E-state index contributed by atoms with van der Waals surface area (Å²) in [5.74, 6) is 0.736. The monoisotopic (exact) mass is 306 g/mol. The van der Waals surface area contributed by atoms with Crippen molar-refractivity contribution < 1.29 is 9.53 Å². The van der Waals surface area contributed by atoms with Crippen molar-refractivity contribution in [3.63, 3.8) is 0 Å². The number of hydrogen-bond acceptors (Lipinski definition) is 2.